The van der Waals surface area contributed by atoms with Crippen LogP contribution in [0.2, 0.25) is 5.02 Å². The Kier molecular flexibility index (Phi) is 4.88. The molecule has 4 rings (SSSR count). The molecule has 2 saturated heterocycles. The lowest BCUT2D eigenvalue weighted by Gasteiger charge is -2.33. The fraction of sp³-hybridized carbons (Fsp3) is 0.588. The summed E-state index contributed by atoms with van der Waals surface area (Å²) in [7, 11) is 2.11. The number of nitrogens with one attached hydrogen (secondary N) is 1. The van der Waals surface area contributed by atoms with Gasteiger partial charge in [0.05, 0.1) is 17.6 Å². The van der Waals surface area contributed by atoms with Crippen molar-refractivity contribution in [3.8, 4) is 0 Å². The van der Waals surface area contributed by atoms with Gasteiger partial charge in [0.25, 0.3) is 0 Å². The second kappa shape index (κ2) is 6.60. The van der Waals surface area contributed by atoms with Crippen molar-refractivity contribution in [1.29, 1.82) is 0 Å². The van der Waals surface area contributed by atoms with Gasteiger partial charge in [-0.1, -0.05) is 11.6 Å². The minimum atomic E-state index is 0. The van der Waals surface area contributed by atoms with Gasteiger partial charge in [-0.05, 0) is 62.5 Å². The summed E-state index contributed by atoms with van der Waals surface area (Å²) in [5, 5.41) is 4.24. The second-order valence-electron chi connectivity index (χ2n) is 6.93. The average Bonchev–Trinajstić information content (AvgIpc) is 3.02. The number of nitrogens with zero attached hydrogens (tertiary/aromatic N) is 3. The summed E-state index contributed by atoms with van der Waals surface area (Å²) < 4.78 is 2.21. The highest BCUT2D eigenvalue weighted by Gasteiger charge is 2.38. The van der Waals surface area contributed by atoms with Crippen molar-refractivity contribution in [3.63, 3.8) is 0 Å². The summed E-state index contributed by atoms with van der Waals surface area (Å²) in [5.41, 5.74) is 2.72. The van der Waals surface area contributed by atoms with E-state index in [2.05, 4.69) is 27.9 Å². The highest BCUT2D eigenvalue weighted by Crippen LogP contribution is 2.39. The first-order chi connectivity index (χ1) is 10.7. The molecule has 2 fully saturated rings. The Bertz CT molecular complexity index is 691. The number of hydrogen-bond acceptors (Lipinski definition) is 3. The monoisotopic (exact) mass is 354 g/mol. The van der Waals surface area contributed by atoms with Crippen LogP contribution in [0.4, 0.5) is 0 Å². The van der Waals surface area contributed by atoms with E-state index in [1.807, 2.05) is 12.1 Å². The minimum absolute atomic E-state index is 0. The maximum atomic E-state index is 6.08. The fourth-order valence-corrected chi connectivity index (χ4v) is 4.26. The molecule has 4 nitrogen and oxygen atoms in total. The van der Waals surface area contributed by atoms with Gasteiger partial charge in [-0.2, -0.15) is 0 Å². The Hall–Kier alpha value is -0.810. The molecule has 6 heteroatoms. The lowest BCUT2D eigenvalue weighted by molar-refractivity contribution is 0.192. The number of aromatic nitrogens is 2. The first-order valence-electron chi connectivity index (χ1n) is 8.19. The summed E-state index contributed by atoms with van der Waals surface area (Å²) in [6.07, 6.45) is 3.98. The molecule has 0 unspecified atom stereocenters. The summed E-state index contributed by atoms with van der Waals surface area (Å²) in [6.45, 7) is 5.72. The smallest absolute Gasteiger partial charge is 0.123 e. The van der Waals surface area contributed by atoms with E-state index >= 15 is 0 Å². The first-order valence-corrected chi connectivity index (χ1v) is 8.57. The van der Waals surface area contributed by atoms with Crippen LogP contribution >= 0.6 is 24.0 Å². The van der Waals surface area contributed by atoms with E-state index in [1.165, 1.54) is 45.4 Å². The number of benzene rings is 1. The summed E-state index contributed by atoms with van der Waals surface area (Å²) in [5.74, 6) is 1.14. The van der Waals surface area contributed by atoms with Gasteiger partial charge in [-0.25, -0.2) is 4.98 Å². The molecule has 0 radical (unpaired) electrons. The largest absolute Gasteiger partial charge is 0.330 e. The molecule has 2 aliphatic rings. The molecular weight excluding hydrogens is 331 g/mol. The zero-order chi connectivity index (χ0) is 15.2. The lowest BCUT2D eigenvalue weighted by Crippen LogP contribution is -2.38. The van der Waals surface area contributed by atoms with Gasteiger partial charge in [-0.15, -0.1) is 12.4 Å². The number of fused-ring (bicyclic) bond motifs is 1. The number of rotatable bonds is 2. The molecule has 0 saturated carbocycles. The van der Waals surface area contributed by atoms with Gasteiger partial charge in [0, 0.05) is 18.6 Å². The van der Waals surface area contributed by atoms with Gasteiger partial charge in [0.15, 0.2) is 0 Å². The summed E-state index contributed by atoms with van der Waals surface area (Å²) in [6, 6.07) is 5.96. The molecule has 0 amide bonds. The van der Waals surface area contributed by atoms with Crippen LogP contribution < -0.4 is 5.32 Å². The van der Waals surface area contributed by atoms with Gasteiger partial charge in [-0.3, -0.25) is 4.90 Å². The molecule has 1 aromatic heterocycles. The number of halogens is 2. The molecule has 1 aromatic carbocycles. The normalized spacial score (nSPS) is 21.0. The third-order valence-corrected chi connectivity index (χ3v) is 5.72. The van der Waals surface area contributed by atoms with Crippen molar-refractivity contribution in [1.82, 2.24) is 19.8 Å². The van der Waals surface area contributed by atoms with E-state index in [-0.39, 0.29) is 12.4 Å². The van der Waals surface area contributed by atoms with Crippen molar-refractivity contribution in [2.24, 2.45) is 12.5 Å². The van der Waals surface area contributed by atoms with Crippen molar-refractivity contribution in [2.45, 2.75) is 25.8 Å². The van der Waals surface area contributed by atoms with E-state index in [4.69, 9.17) is 16.6 Å². The Morgan fingerprint density at radius 3 is 2.83 bits per heavy atom. The standard InChI is InChI=1S/C17H23ClN4.ClH/c1-21-15-3-2-13(18)10-14(15)20-16(21)11-22-9-6-17(12-22)4-7-19-8-5-17;/h2-3,10,19H,4-9,11-12H2,1H3;1H. The van der Waals surface area contributed by atoms with Crippen LogP contribution in [0.3, 0.4) is 0 Å². The molecule has 1 spiro atoms. The fourth-order valence-electron chi connectivity index (χ4n) is 4.09. The molecule has 1 N–H and O–H groups in total. The highest BCUT2D eigenvalue weighted by atomic mass is 35.5. The van der Waals surface area contributed by atoms with Crippen LogP contribution in [0.15, 0.2) is 18.2 Å². The van der Waals surface area contributed by atoms with Crippen LogP contribution in [0, 0.1) is 5.41 Å². The SMILES string of the molecule is Cl.Cn1c(CN2CCC3(CCNCC3)C2)nc2cc(Cl)ccc21. The molecule has 0 bridgehead atoms. The van der Waals surface area contributed by atoms with Crippen molar-refractivity contribution >= 4 is 35.0 Å². The van der Waals surface area contributed by atoms with Crippen molar-refractivity contribution < 1.29 is 0 Å². The Balaban J connectivity index is 0.00000156. The maximum absolute atomic E-state index is 6.08. The lowest BCUT2D eigenvalue weighted by atomic mass is 9.78. The van der Waals surface area contributed by atoms with Gasteiger partial charge in [0.2, 0.25) is 0 Å². The molecule has 0 atom stereocenters. The van der Waals surface area contributed by atoms with Crippen LogP contribution in [-0.4, -0.2) is 40.6 Å². The molecule has 0 aliphatic carbocycles. The minimum Gasteiger partial charge on any atom is -0.330 e. The number of hydrogen-bond donors (Lipinski definition) is 1. The number of likely N-dealkylation sites (tertiary alicyclic amines) is 1. The zero-order valence-corrected chi connectivity index (χ0v) is 15.1. The maximum Gasteiger partial charge on any atom is 0.123 e. The molecule has 126 valence electrons. The second-order valence-corrected chi connectivity index (χ2v) is 7.37. The number of piperidine rings is 1. The number of imidazole rings is 1. The molecular formula is C17H24Cl2N4. The quantitative estimate of drug-likeness (QED) is 0.898. The van der Waals surface area contributed by atoms with Crippen LogP contribution in [0.5, 0.6) is 0 Å². The zero-order valence-electron chi connectivity index (χ0n) is 13.5. The van der Waals surface area contributed by atoms with Crippen LogP contribution in [-0.2, 0) is 13.6 Å². The highest BCUT2D eigenvalue weighted by molar-refractivity contribution is 6.31. The first kappa shape index (κ1) is 17.0. The third-order valence-electron chi connectivity index (χ3n) is 5.48. The Labute approximate surface area is 148 Å². The molecule has 2 aromatic rings. The van der Waals surface area contributed by atoms with Crippen molar-refractivity contribution in [2.75, 3.05) is 26.2 Å². The predicted octanol–water partition coefficient (Wildman–Crippen LogP) is 3.22. The van der Waals surface area contributed by atoms with Crippen LogP contribution in [0.1, 0.15) is 25.1 Å². The molecule has 3 heterocycles. The van der Waals surface area contributed by atoms with Gasteiger partial charge < -0.3 is 9.88 Å². The topological polar surface area (TPSA) is 33.1 Å². The van der Waals surface area contributed by atoms with E-state index in [0.717, 1.165) is 28.4 Å². The summed E-state index contributed by atoms with van der Waals surface area (Å²) >= 11 is 6.08. The summed E-state index contributed by atoms with van der Waals surface area (Å²) in [4.78, 5) is 7.37. The van der Waals surface area contributed by atoms with Gasteiger partial charge >= 0.3 is 0 Å². The number of aryl methyl sites for hydroxylation is 1. The van der Waals surface area contributed by atoms with Gasteiger partial charge in [0.1, 0.15) is 5.82 Å². The molecule has 23 heavy (non-hydrogen) atoms. The molecule has 2 aliphatic heterocycles. The van der Waals surface area contributed by atoms with Crippen molar-refractivity contribution in [3.05, 3.63) is 29.0 Å². The van der Waals surface area contributed by atoms with Crippen LogP contribution in [0.25, 0.3) is 11.0 Å². The van der Waals surface area contributed by atoms with E-state index in [0.29, 0.717) is 5.41 Å². The Morgan fingerprint density at radius 2 is 2.04 bits per heavy atom. The van der Waals surface area contributed by atoms with E-state index in [9.17, 15) is 0 Å². The van der Waals surface area contributed by atoms with E-state index in [1.54, 1.807) is 0 Å². The van der Waals surface area contributed by atoms with E-state index < -0.39 is 0 Å². The Morgan fingerprint density at radius 1 is 1.26 bits per heavy atom. The average molecular weight is 355 g/mol. The third kappa shape index (κ3) is 3.22. The predicted molar refractivity (Wildman–Crippen MR) is 97.4 cm³/mol.